The van der Waals surface area contributed by atoms with Crippen molar-refractivity contribution in [1.29, 1.82) is 0 Å². The maximum absolute atomic E-state index is 12.0. The molecule has 1 amide bonds. The number of carbonyl (C=O) groups excluding carboxylic acids is 1. The Hall–Kier alpha value is -2.61. The molecule has 2 aromatic rings. The van der Waals surface area contributed by atoms with Crippen LogP contribution in [-0.4, -0.2) is 30.3 Å². The number of hydrogen-bond donors (Lipinski definition) is 1. The summed E-state index contributed by atoms with van der Waals surface area (Å²) < 4.78 is 45.8. The number of nitrogens with zero attached hydrogens (tertiary/aromatic N) is 1. The molecule has 0 radical (unpaired) electrons. The Morgan fingerprint density at radius 2 is 1.88 bits per heavy atom. The molecule has 2 rings (SSSR count). The summed E-state index contributed by atoms with van der Waals surface area (Å²) in [5.74, 6) is -0.301. The van der Waals surface area contributed by atoms with Gasteiger partial charge in [-0.15, -0.1) is 0 Å². The van der Waals surface area contributed by atoms with Crippen LogP contribution in [0.15, 0.2) is 48.7 Å². The monoisotopic (exact) mass is 354 g/mol. The summed E-state index contributed by atoms with van der Waals surface area (Å²) in [7, 11) is 0. The smallest absolute Gasteiger partial charge is 0.411 e. The number of halogens is 3. The van der Waals surface area contributed by atoms with Crippen LogP contribution >= 0.6 is 0 Å². The van der Waals surface area contributed by atoms with E-state index in [4.69, 9.17) is 4.74 Å². The first kappa shape index (κ1) is 18.7. The van der Waals surface area contributed by atoms with E-state index in [0.29, 0.717) is 18.1 Å². The summed E-state index contributed by atoms with van der Waals surface area (Å²) in [6.45, 7) is -1.74. The van der Waals surface area contributed by atoms with Crippen LogP contribution in [0.2, 0.25) is 0 Å². The van der Waals surface area contributed by atoms with Crippen molar-refractivity contribution >= 4 is 5.91 Å². The van der Waals surface area contributed by atoms with Crippen LogP contribution in [0.25, 0.3) is 0 Å². The molecule has 0 spiro atoms. The van der Waals surface area contributed by atoms with Crippen LogP contribution in [0.4, 0.5) is 13.2 Å². The summed E-state index contributed by atoms with van der Waals surface area (Å²) in [6, 6.07) is 12.9. The Morgan fingerprint density at radius 3 is 2.60 bits per heavy atom. The van der Waals surface area contributed by atoms with E-state index in [1.54, 1.807) is 18.3 Å². The second-order valence-corrected chi connectivity index (χ2v) is 5.13. The van der Waals surface area contributed by atoms with Crippen LogP contribution in [0, 0.1) is 0 Å². The zero-order chi connectivity index (χ0) is 18.1. The maximum atomic E-state index is 12.0. The number of pyridine rings is 1. The van der Waals surface area contributed by atoms with E-state index < -0.39 is 25.3 Å². The van der Waals surface area contributed by atoms with E-state index in [9.17, 15) is 18.0 Å². The lowest BCUT2D eigenvalue weighted by molar-refractivity contribution is -0.175. The van der Waals surface area contributed by atoms with Gasteiger partial charge < -0.3 is 14.8 Å². The number of amides is 1. The maximum Gasteiger partial charge on any atom is 0.411 e. The molecule has 0 aliphatic carbocycles. The first-order chi connectivity index (χ1) is 11.9. The van der Waals surface area contributed by atoms with Crippen molar-refractivity contribution in [3.05, 3.63) is 59.8 Å². The fourth-order valence-electron chi connectivity index (χ4n) is 1.92. The zero-order valence-electron chi connectivity index (χ0n) is 13.3. The van der Waals surface area contributed by atoms with Gasteiger partial charge in [-0.3, -0.25) is 4.79 Å². The largest absolute Gasteiger partial charge is 0.473 e. The Labute approximate surface area is 142 Å². The second-order valence-electron chi connectivity index (χ2n) is 5.13. The fourth-order valence-corrected chi connectivity index (χ4v) is 1.92. The molecule has 0 saturated carbocycles. The van der Waals surface area contributed by atoms with E-state index in [1.165, 1.54) is 0 Å². The van der Waals surface area contributed by atoms with Gasteiger partial charge in [0, 0.05) is 18.3 Å². The predicted molar refractivity (Wildman–Crippen MR) is 83.7 cm³/mol. The second kappa shape index (κ2) is 9.03. The average Bonchev–Trinajstić information content (AvgIpc) is 2.58. The molecule has 0 atom stereocenters. The molecule has 1 aromatic heterocycles. The lowest BCUT2D eigenvalue weighted by Gasteiger charge is -2.11. The summed E-state index contributed by atoms with van der Waals surface area (Å²) in [6.07, 6.45) is -2.90. The van der Waals surface area contributed by atoms with Gasteiger partial charge in [0.15, 0.2) is 0 Å². The number of nitrogens with one attached hydrogen (secondary N) is 1. The van der Waals surface area contributed by atoms with E-state index in [1.807, 2.05) is 30.3 Å². The molecule has 5 nitrogen and oxygen atoms in total. The van der Waals surface area contributed by atoms with Crippen molar-refractivity contribution in [2.45, 2.75) is 19.3 Å². The van der Waals surface area contributed by atoms with Gasteiger partial charge in [0.05, 0.1) is 0 Å². The standard InChI is InChI=1S/C17H17F3N2O3/c18-17(19,20)12-24-11-15(23)22-9-14-7-4-8-21-16(14)25-10-13-5-2-1-3-6-13/h1-8H,9-12H2,(H,22,23). The van der Waals surface area contributed by atoms with Crippen molar-refractivity contribution in [3.8, 4) is 5.88 Å². The third-order valence-electron chi connectivity index (χ3n) is 3.04. The van der Waals surface area contributed by atoms with Gasteiger partial charge in [-0.05, 0) is 11.6 Å². The molecule has 0 fully saturated rings. The Bertz CT molecular complexity index is 678. The highest BCUT2D eigenvalue weighted by atomic mass is 19.4. The van der Waals surface area contributed by atoms with Crippen molar-refractivity contribution < 1.29 is 27.4 Å². The lowest BCUT2D eigenvalue weighted by atomic mass is 10.2. The lowest BCUT2D eigenvalue weighted by Crippen LogP contribution is -2.29. The van der Waals surface area contributed by atoms with E-state index in [2.05, 4.69) is 15.0 Å². The number of rotatable bonds is 8. The highest BCUT2D eigenvalue weighted by Crippen LogP contribution is 2.16. The Morgan fingerprint density at radius 1 is 1.12 bits per heavy atom. The Kier molecular flexibility index (Phi) is 6.76. The van der Waals surface area contributed by atoms with Gasteiger partial charge in [-0.2, -0.15) is 13.2 Å². The van der Waals surface area contributed by atoms with Crippen molar-refractivity contribution in [3.63, 3.8) is 0 Å². The molecule has 1 heterocycles. The van der Waals surface area contributed by atoms with Crippen molar-refractivity contribution in [2.75, 3.05) is 13.2 Å². The average molecular weight is 354 g/mol. The highest BCUT2D eigenvalue weighted by molar-refractivity contribution is 5.77. The van der Waals surface area contributed by atoms with Crippen LogP contribution < -0.4 is 10.1 Å². The minimum Gasteiger partial charge on any atom is -0.473 e. The minimum absolute atomic E-state index is 0.0756. The number of aromatic nitrogens is 1. The predicted octanol–water partition coefficient (Wildman–Crippen LogP) is 2.86. The number of benzene rings is 1. The highest BCUT2D eigenvalue weighted by Gasteiger charge is 2.27. The third kappa shape index (κ3) is 7.21. The molecule has 25 heavy (non-hydrogen) atoms. The van der Waals surface area contributed by atoms with E-state index in [0.717, 1.165) is 5.56 Å². The molecular formula is C17H17F3N2O3. The number of ether oxygens (including phenoxy) is 2. The summed E-state index contributed by atoms with van der Waals surface area (Å²) in [5, 5.41) is 2.47. The summed E-state index contributed by atoms with van der Waals surface area (Å²) in [4.78, 5) is 15.6. The SMILES string of the molecule is O=C(COCC(F)(F)F)NCc1cccnc1OCc1ccccc1. The molecular weight excluding hydrogens is 337 g/mol. The first-order valence-electron chi connectivity index (χ1n) is 7.46. The molecule has 1 N–H and O–H groups in total. The van der Waals surface area contributed by atoms with E-state index >= 15 is 0 Å². The molecule has 0 unspecified atom stereocenters. The van der Waals surface area contributed by atoms with Crippen molar-refractivity contribution in [1.82, 2.24) is 10.3 Å². The molecule has 0 aliphatic heterocycles. The fraction of sp³-hybridized carbons (Fsp3) is 0.294. The van der Waals surface area contributed by atoms with Gasteiger partial charge in [0.2, 0.25) is 11.8 Å². The Balaban J connectivity index is 1.82. The number of alkyl halides is 3. The molecule has 0 saturated heterocycles. The zero-order valence-corrected chi connectivity index (χ0v) is 13.3. The molecule has 1 aromatic carbocycles. The number of carbonyl (C=O) groups is 1. The number of hydrogen-bond acceptors (Lipinski definition) is 4. The third-order valence-corrected chi connectivity index (χ3v) is 3.04. The topological polar surface area (TPSA) is 60.5 Å². The minimum atomic E-state index is -4.46. The molecule has 134 valence electrons. The van der Waals surface area contributed by atoms with Crippen molar-refractivity contribution in [2.24, 2.45) is 0 Å². The molecule has 8 heteroatoms. The first-order valence-corrected chi connectivity index (χ1v) is 7.46. The normalized spacial score (nSPS) is 11.2. The van der Waals surface area contributed by atoms with Crippen LogP contribution in [0.5, 0.6) is 5.88 Å². The quantitative estimate of drug-likeness (QED) is 0.792. The van der Waals surface area contributed by atoms with Crippen LogP contribution in [0.1, 0.15) is 11.1 Å². The van der Waals surface area contributed by atoms with Gasteiger partial charge in [0.1, 0.15) is 19.8 Å². The molecule has 0 aliphatic rings. The van der Waals surface area contributed by atoms with Crippen LogP contribution in [-0.2, 0) is 22.7 Å². The van der Waals surface area contributed by atoms with Gasteiger partial charge >= 0.3 is 6.18 Å². The van der Waals surface area contributed by atoms with Gasteiger partial charge in [-0.25, -0.2) is 4.98 Å². The van der Waals surface area contributed by atoms with Gasteiger partial charge in [0.25, 0.3) is 0 Å². The van der Waals surface area contributed by atoms with E-state index in [-0.39, 0.29) is 6.54 Å². The van der Waals surface area contributed by atoms with Gasteiger partial charge in [-0.1, -0.05) is 36.4 Å². The molecule has 0 bridgehead atoms. The summed E-state index contributed by atoms with van der Waals surface area (Å²) in [5.41, 5.74) is 1.58. The van der Waals surface area contributed by atoms with Crippen LogP contribution in [0.3, 0.4) is 0 Å². The summed E-state index contributed by atoms with van der Waals surface area (Å²) >= 11 is 0.